The van der Waals surface area contributed by atoms with Crippen molar-refractivity contribution < 1.29 is 0 Å². The number of aryl methyl sites for hydroxylation is 1. The van der Waals surface area contributed by atoms with Crippen LogP contribution in [0, 0.1) is 5.92 Å². The highest BCUT2D eigenvalue weighted by Crippen LogP contribution is 2.33. The summed E-state index contributed by atoms with van der Waals surface area (Å²) in [5.74, 6) is 3.54. The van der Waals surface area contributed by atoms with Crippen molar-refractivity contribution in [2.75, 3.05) is 11.5 Å². The predicted molar refractivity (Wildman–Crippen MR) is 66.2 cm³/mol. The summed E-state index contributed by atoms with van der Waals surface area (Å²) in [7, 11) is 0. The Hall–Kier alpha value is 0.530. The van der Waals surface area contributed by atoms with Crippen LogP contribution in [0.2, 0.25) is 0 Å². The average Bonchev–Trinajstić information content (AvgIpc) is 2.72. The Morgan fingerprint density at radius 1 is 1.46 bits per heavy atom. The molecule has 13 heavy (non-hydrogen) atoms. The second-order valence-corrected chi connectivity index (χ2v) is 6.71. The van der Waals surface area contributed by atoms with Gasteiger partial charge >= 0.3 is 0 Å². The van der Waals surface area contributed by atoms with Crippen molar-refractivity contribution in [1.29, 1.82) is 0 Å². The maximum Gasteiger partial charge on any atom is 0.0272 e. The van der Waals surface area contributed by atoms with Gasteiger partial charge in [0.25, 0.3) is 0 Å². The van der Waals surface area contributed by atoms with Gasteiger partial charge in [-0.3, -0.25) is 0 Å². The molecule has 0 N–H and O–H groups in total. The molecule has 2 rings (SSSR count). The van der Waals surface area contributed by atoms with Gasteiger partial charge in [-0.15, -0.1) is 11.3 Å². The number of alkyl halides is 1. The van der Waals surface area contributed by atoms with E-state index in [1.165, 1.54) is 29.2 Å². The SMILES string of the molecule is BrC1CSCC1CCc1cccs1. The Morgan fingerprint density at radius 3 is 3.00 bits per heavy atom. The molecule has 3 heteroatoms. The lowest BCUT2D eigenvalue weighted by atomic mass is 10.0. The summed E-state index contributed by atoms with van der Waals surface area (Å²) in [5.41, 5.74) is 0. The quantitative estimate of drug-likeness (QED) is 0.757. The minimum Gasteiger partial charge on any atom is -0.161 e. The molecule has 0 saturated carbocycles. The van der Waals surface area contributed by atoms with Crippen molar-refractivity contribution in [3.63, 3.8) is 0 Å². The van der Waals surface area contributed by atoms with E-state index in [0.29, 0.717) is 0 Å². The molecule has 1 fully saturated rings. The zero-order valence-electron chi connectivity index (χ0n) is 7.41. The second kappa shape index (κ2) is 4.85. The van der Waals surface area contributed by atoms with Crippen molar-refractivity contribution in [3.05, 3.63) is 22.4 Å². The summed E-state index contributed by atoms with van der Waals surface area (Å²) in [6.45, 7) is 0. The van der Waals surface area contributed by atoms with Crippen molar-refractivity contribution >= 4 is 39.0 Å². The minimum atomic E-state index is 0.762. The Kier molecular flexibility index (Phi) is 3.75. The second-order valence-electron chi connectivity index (χ2n) is 3.43. The highest BCUT2D eigenvalue weighted by molar-refractivity contribution is 9.09. The Bertz CT molecular complexity index is 245. The van der Waals surface area contributed by atoms with Crippen LogP contribution in [0.1, 0.15) is 11.3 Å². The van der Waals surface area contributed by atoms with Crippen LogP contribution < -0.4 is 0 Å². The largest absolute Gasteiger partial charge is 0.161 e. The number of hydrogen-bond acceptors (Lipinski definition) is 2. The van der Waals surface area contributed by atoms with Gasteiger partial charge in [-0.25, -0.2) is 0 Å². The third-order valence-corrected chi connectivity index (χ3v) is 6.16. The standard InChI is InChI=1S/C10H13BrS2/c11-10-7-12-6-8(10)3-4-9-2-1-5-13-9/h1-2,5,8,10H,3-4,6-7H2. The Balaban J connectivity index is 1.79. The third-order valence-electron chi connectivity index (χ3n) is 2.46. The first-order valence-electron chi connectivity index (χ1n) is 4.60. The fraction of sp³-hybridized carbons (Fsp3) is 0.600. The molecule has 2 heterocycles. The van der Waals surface area contributed by atoms with Crippen LogP contribution in [-0.4, -0.2) is 16.3 Å². The lowest BCUT2D eigenvalue weighted by Gasteiger charge is -2.11. The van der Waals surface area contributed by atoms with E-state index in [4.69, 9.17) is 0 Å². The molecule has 0 radical (unpaired) electrons. The lowest BCUT2D eigenvalue weighted by Crippen LogP contribution is -2.11. The molecule has 1 aromatic heterocycles. The zero-order valence-corrected chi connectivity index (χ0v) is 10.6. The highest BCUT2D eigenvalue weighted by atomic mass is 79.9. The van der Waals surface area contributed by atoms with Crippen molar-refractivity contribution in [2.24, 2.45) is 5.92 Å². The summed E-state index contributed by atoms with van der Waals surface area (Å²) >= 11 is 7.72. The maximum absolute atomic E-state index is 3.75. The Morgan fingerprint density at radius 2 is 2.38 bits per heavy atom. The van der Waals surface area contributed by atoms with Gasteiger partial charge in [0.05, 0.1) is 0 Å². The van der Waals surface area contributed by atoms with E-state index in [-0.39, 0.29) is 0 Å². The van der Waals surface area contributed by atoms with Gasteiger partial charge in [0.1, 0.15) is 0 Å². The van der Waals surface area contributed by atoms with Crippen LogP contribution in [0.4, 0.5) is 0 Å². The van der Waals surface area contributed by atoms with Crippen LogP contribution in [0.3, 0.4) is 0 Å². The molecule has 0 spiro atoms. The minimum absolute atomic E-state index is 0.762. The summed E-state index contributed by atoms with van der Waals surface area (Å²) in [6.07, 6.45) is 2.62. The molecular formula is C10H13BrS2. The third kappa shape index (κ3) is 2.74. The van der Waals surface area contributed by atoms with E-state index in [2.05, 4.69) is 45.2 Å². The van der Waals surface area contributed by atoms with E-state index >= 15 is 0 Å². The molecule has 1 aromatic rings. The van der Waals surface area contributed by atoms with Gasteiger partial charge in [-0.1, -0.05) is 22.0 Å². The maximum atomic E-state index is 3.75. The summed E-state index contributed by atoms with van der Waals surface area (Å²) < 4.78 is 0. The van der Waals surface area contributed by atoms with Gasteiger partial charge in [-0.05, 0) is 36.0 Å². The smallest absolute Gasteiger partial charge is 0.0272 e. The highest BCUT2D eigenvalue weighted by Gasteiger charge is 2.24. The normalized spacial score (nSPS) is 28.1. The average molecular weight is 277 g/mol. The molecule has 0 nitrogen and oxygen atoms in total. The molecule has 1 aliphatic heterocycles. The first-order valence-corrected chi connectivity index (χ1v) is 7.55. The number of hydrogen-bond donors (Lipinski definition) is 0. The molecular weight excluding hydrogens is 264 g/mol. The summed E-state index contributed by atoms with van der Waals surface area (Å²) in [4.78, 5) is 2.30. The summed E-state index contributed by atoms with van der Waals surface area (Å²) in [5, 5.41) is 2.17. The number of halogens is 1. The molecule has 0 bridgehead atoms. The molecule has 72 valence electrons. The van der Waals surface area contributed by atoms with E-state index in [0.717, 1.165) is 10.7 Å². The van der Waals surface area contributed by atoms with Crippen LogP contribution in [0.25, 0.3) is 0 Å². The van der Waals surface area contributed by atoms with E-state index in [9.17, 15) is 0 Å². The lowest BCUT2D eigenvalue weighted by molar-refractivity contribution is 0.566. The van der Waals surface area contributed by atoms with Crippen molar-refractivity contribution in [1.82, 2.24) is 0 Å². The molecule has 0 amide bonds. The Labute approximate surface area is 96.2 Å². The fourth-order valence-corrected chi connectivity index (χ4v) is 4.94. The van der Waals surface area contributed by atoms with Gasteiger partial charge in [0.15, 0.2) is 0 Å². The molecule has 2 atom stereocenters. The monoisotopic (exact) mass is 276 g/mol. The van der Waals surface area contributed by atoms with Gasteiger partial charge in [0, 0.05) is 15.5 Å². The van der Waals surface area contributed by atoms with Gasteiger partial charge < -0.3 is 0 Å². The molecule has 1 aliphatic rings. The molecule has 0 aliphatic carbocycles. The number of thioether (sulfide) groups is 1. The number of rotatable bonds is 3. The molecule has 0 aromatic carbocycles. The van der Waals surface area contributed by atoms with Gasteiger partial charge in [0.2, 0.25) is 0 Å². The predicted octanol–water partition coefficient (Wildman–Crippen LogP) is 3.81. The van der Waals surface area contributed by atoms with E-state index in [1.54, 1.807) is 0 Å². The summed E-state index contributed by atoms with van der Waals surface area (Å²) in [6, 6.07) is 4.39. The van der Waals surface area contributed by atoms with E-state index in [1.807, 2.05) is 11.3 Å². The number of thiophene rings is 1. The van der Waals surface area contributed by atoms with Gasteiger partial charge in [-0.2, -0.15) is 11.8 Å². The molecule has 2 unspecified atom stereocenters. The van der Waals surface area contributed by atoms with Crippen molar-refractivity contribution in [3.8, 4) is 0 Å². The fourth-order valence-electron chi connectivity index (χ4n) is 1.62. The van der Waals surface area contributed by atoms with E-state index < -0.39 is 0 Å². The van der Waals surface area contributed by atoms with Crippen LogP contribution in [-0.2, 0) is 6.42 Å². The first kappa shape index (κ1) is 10.1. The zero-order chi connectivity index (χ0) is 9.10. The van der Waals surface area contributed by atoms with Crippen molar-refractivity contribution in [2.45, 2.75) is 17.7 Å². The van der Waals surface area contributed by atoms with Crippen LogP contribution >= 0.6 is 39.0 Å². The first-order chi connectivity index (χ1) is 6.36. The topological polar surface area (TPSA) is 0 Å². The molecule has 1 saturated heterocycles. The van der Waals surface area contributed by atoms with Crippen LogP contribution in [0.5, 0.6) is 0 Å². The van der Waals surface area contributed by atoms with Crippen LogP contribution in [0.15, 0.2) is 17.5 Å².